The summed E-state index contributed by atoms with van der Waals surface area (Å²) in [4.78, 5) is 38.5. The van der Waals surface area contributed by atoms with Crippen molar-refractivity contribution < 1.29 is 14.4 Å². The molecule has 4 amide bonds. The van der Waals surface area contributed by atoms with Crippen LogP contribution in [0.3, 0.4) is 0 Å². The molecule has 4 aliphatic rings. The minimum Gasteiger partial charge on any atom is -0.351 e. The van der Waals surface area contributed by atoms with E-state index in [0.717, 1.165) is 30.6 Å². The molecule has 0 aromatic heterocycles. The van der Waals surface area contributed by atoms with E-state index in [2.05, 4.69) is 31.4 Å². The summed E-state index contributed by atoms with van der Waals surface area (Å²) in [5, 5.41) is 5.93. The fourth-order valence-electron chi connectivity index (χ4n) is 5.60. The molecule has 3 aliphatic carbocycles. The Bertz CT molecular complexity index is 656. The van der Waals surface area contributed by atoms with Crippen molar-refractivity contribution in [3.8, 4) is 0 Å². The number of hydrogen-bond acceptors (Lipinski definition) is 3. The molecule has 1 saturated heterocycles. The molecule has 0 aromatic rings. The highest BCUT2D eigenvalue weighted by Gasteiger charge is 2.62. The van der Waals surface area contributed by atoms with Gasteiger partial charge in [-0.2, -0.15) is 0 Å². The van der Waals surface area contributed by atoms with Crippen molar-refractivity contribution in [1.82, 2.24) is 15.5 Å². The van der Waals surface area contributed by atoms with Gasteiger partial charge in [0.25, 0.3) is 5.91 Å². The molecule has 4 fully saturated rings. The Morgan fingerprint density at radius 1 is 1.16 bits per heavy atom. The molecule has 1 aliphatic heterocycles. The molecule has 6 nitrogen and oxygen atoms in total. The summed E-state index contributed by atoms with van der Waals surface area (Å²) in [5.74, 6) is 0.368. The van der Waals surface area contributed by atoms with E-state index >= 15 is 0 Å². The van der Waals surface area contributed by atoms with E-state index in [1.165, 1.54) is 6.42 Å². The second-order valence-electron chi connectivity index (χ2n) is 9.53. The highest BCUT2D eigenvalue weighted by atomic mass is 16.2. The van der Waals surface area contributed by atoms with E-state index in [1.54, 1.807) is 6.92 Å². The van der Waals surface area contributed by atoms with E-state index in [9.17, 15) is 14.4 Å². The predicted octanol–water partition coefficient (Wildman–Crippen LogP) is 2.04. The Balaban J connectivity index is 1.42. The number of hydrogen-bond donors (Lipinski definition) is 2. The lowest BCUT2D eigenvalue weighted by molar-refractivity contribution is -0.135. The van der Waals surface area contributed by atoms with Crippen LogP contribution in [-0.2, 0) is 9.59 Å². The van der Waals surface area contributed by atoms with Crippen molar-refractivity contribution in [2.24, 2.45) is 22.7 Å². The third-order valence-electron chi connectivity index (χ3n) is 8.13. The first-order chi connectivity index (χ1) is 11.6. The molecular weight excluding hydrogens is 318 g/mol. The highest BCUT2D eigenvalue weighted by Crippen LogP contribution is 2.65. The number of carbonyl (C=O) groups is 3. The van der Waals surface area contributed by atoms with Crippen molar-refractivity contribution in [2.45, 2.75) is 71.4 Å². The number of urea groups is 1. The minimum atomic E-state index is -0.822. The van der Waals surface area contributed by atoms with Gasteiger partial charge in [0.15, 0.2) is 0 Å². The number of nitrogens with one attached hydrogen (secondary N) is 2. The van der Waals surface area contributed by atoms with Gasteiger partial charge in [-0.05, 0) is 61.7 Å². The van der Waals surface area contributed by atoms with Crippen molar-refractivity contribution in [3.63, 3.8) is 0 Å². The maximum atomic E-state index is 12.6. The molecule has 4 atom stereocenters. The molecule has 6 heteroatoms. The predicted molar refractivity (Wildman–Crippen MR) is 92.5 cm³/mol. The molecule has 1 heterocycles. The third-order valence-corrected chi connectivity index (χ3v) is 8.13. The van der Waals surface area contributed by atoms with Crippen LogP contribution < -0.4 is 10.6 Å². The first-order valence-electron chi connectivity index (χ1n) is 9.53. The van der Waals surface area contributed by atoms with Crippen LogP contribution in [-0.4, -0.2) is 40.9 Å². The standard InChI is InChI=1S/C19H29N3O3/c1-17(2)12-7-8-18(17,3)13(9-12)20-14(23)10-22-15(24)19(4,11-5-6-11)21-16(22)25/h11-13H,5-10H2,1-4H3,(H,20,23)(H,21,25)/t12-,13-,18-,19+/m1/s1. The SMILES string of the molecule is CC1(C)[C@@H]2CC[C@]1(C)[C@H](NC(=O)CN1C(=O)N[C@@](C)(C3CC3)C1=O)C2. The van der Waals surface area contributed by atoms with Crippen LogP contribution in [0.1, 0.15) is 59.8 Å². The van der Waals surface area contributed by atoms with Crippen molar-refractivity contribution in [3.05, 3.63) is 0 Å². The average Bonchev–Trinajstić information content (AvgIpc) is 3.29. The Labute approximate surface area is 149 Å². The number of carbonyl (C=O) groups excluding carboxylic acids is 3. The molecule has 0 unspecified atom stereocenters. The fourth-order valence-corrected chi connectivity index (χ4v) is 5.60. The van der Waals surface area contributed by atoms with E-state index in [-0.39, 0.29) is 41.1 Å². The lowest BCUT2D eigenvalue weighted by atomic mass is 9.69. The largest absolute Gasteiger partial charge is 0.351 e. The topological polar surface area (TPSA) is 78.5 Å². The van der Waals surface area contributed by atoms with E-state index in [4.69, 9.17) is 0 Å². The van der Waals surface area contributed by atoms with Gasteiger partial charge in [-0.25, -0.2) is 4.79 Å². The Hall–Kier alpha value is -1.59. The molecule has 3 saturated carbocycles. The second kappa shape index (κ2) is 4.98. The zero-order valence-electron chi connectivity index (χ0n) is 15.6. The minimum absolute atomic E-state index is 0.0904. The lowest BCUT2D eigenvalue weighted by Crippen LogP contribution is -2.51. The van der Waals surface area contributed by atoms with Gasteiger partial charge < -0.3 is 10.6 Å². The average molecular weight is 347 g/mol. The fraction of sp³-hybridized carbons (Fsp3) is 0.842. The van der Waals surface area contributed by atoms with Crippen molar-refractivity contribution in [2.75, 3.05) is 6.54 Å². The van der Waals surface area contributed by atoms with Gasteiger partial charge >= 0.3 is 6.03 Å². The summed E-state index contributed by atoms with van der Waals surface area (Å²) in [6, 6.07) is -0.307. The number of rotatable bonds is 4. The Morgan fingerprint density at radius 2 is 1.84 bits per heavy atom. The summed E-state index contributed by atoms with van der Waals surface area (Å²) in [7, 11) is 0. The van der Waals surface area contributed by atoms with E-state index in [0.29, 0.717) is 5.92 Å². The molecule has 4 rings (SSSR count). The van der Waals surface area contributed by atoms with Crippen molar-refractivity contribution in [1.29, 1.82) is 0 Å². The van der Waals surface area contributed by atoms with Gasteiger partial charge in [0.05, 0.1) is 0 Å². The Kier molecular flexibility index (Phi) is 3.36. The zero-order chi connectivity index (χ0) is 18.2. The van der Waals surface area contributed by atoms with Gasteiger partial charge in [0, 0.05) is 6.04 Å². The van der Waals surface area contributed by atoms with Crippen LogP contribution in [0.4, 0.5) is 4.79 Å². The molecule has 0 aromatic carbocycles. The summed E-state index contributed by atoms with van der Waals surface area (Å²) < 4.78 is 0. The van der Waals surface area contributed by atoms with Gasteiger partial charge in [-0.15, -0.1) is 0 Å². The number of amides is 4. The number of fused-ring (bicyclic) bond motifs is 2. The van der Waals surface area contributed by atoms with E-state index < -0.39 is 11.6 Å². The van der Waals surface area contributed by atoms with E-state index in [1.807, 2.05) is 0 Å². The first kappa shape index (κ1) is 16.9. The highest BCUT2D eigenvalue weighted by molar-refractivity contribution is 6.09. The monoisotopic (exact) mass is 347 g/mol. The molecule has 0 spiro atoms. The normalized spacial score (nSPS) is 42.0. The van der Waals surface area contributed by atoms with Crippen LogP contribution in [0.25, 0.3) is 0 Å². The summed E-state index contributed by atoms with van der Waals surface area (Å²) in [6.45, 7) is 8.47. The lowest BCUT2D eigenvalue weighted by Gasteiger charge is -2.39. The molecule has 2 N–H and O–H groups in total. The van der Waals surface area contributed by atoms with Crippen LogP contribution >= 0.6 is 0 Å². The van der Waals surface area contributed by atoms with Crippen molar-refractivity contribution >= 4 is 17.8 Å². The maximum Gasteiger partial charge on any atom is 0.325 e. The van der Waals surface area contributed by atoms with Gasteiger partial charge in [-0.3, -0.25) is 14.5 Å². The molecule has 2 bridgehead atoms. The first-order valence-corrected chi connectivity index (χ1v) is 9.53. The quantitative estimate of drug-likeness (QED) is 0.764. The number of imide groups is 1. The third kappa shape index (κ3) is 2.18. The molecular formula is C19H29N3O3. The van der Waals surface area contributed by atoms with Gasteiger partial charge in [-0.1, -0.05) is 20.8 Å². The van der Waals surface area contributed by atoms with Gasteiger partial charge in [0.1, 0.15) is 12.1 Å². The second-order valence-corrected chi connectivity index (χ2v) is 9.53. The molecule has 25 heavy (non-hydrogen) atoms. The molecule has 0 radical (unpaired) electrons. The summed E-state index contributed by atoms with van der Waals surface area (Å²) in [5.41, 5.74) is -0.513. The van der Waals surface area contributed by atoms with Crippen LogP contribution in [0.15, 0.2) is 0 Å². The van der Waals surface area contributed by atoms with Gasteiger partial charge in [0.2, 0.25) is 5.91 Å². The zero-order valence-corrected chi connectivity index (χ0v) is 15.6. The summed E-state index contributed by atoms with van der Waals surface area (Å²) >= 11 is 0. The summed E-state index contributed by atoms with van der Waals surface area (Å²) in [6.07, 6.45) is 5.26. The van der Waals surface area contributed by atoms with Crippen LogP contribution in [0.2, 0.25) is 0 Å². The van der Waals surface area contributed by atoms with Crippen LogP contribution in [0.5, 0.6) is 0 Å². The smallest absolute Gasteiger partial charge is 0.325 e. The molecule has 138 valence electrons. The Morgan fingerprint density at radius 3 is 2.36 bits per heavy atom. The maximum absolute atomic E-state index is 12.6. The number of nitrogens with zero attached hydrogens (tertiary/aromatic N) is 1. The van der Waals surface area contributed by atoms with Crippen LogP contribution in [0, 0.1) is 22.7 Å².